The van der Waals surface area contributed by atoms with Crippen LogP contribution < -0.4 is 5.32 Å². The first-order valence-corrected chi connectivity index (χ1v) is 6.17. The number of carbonyl (C=O) groups is 1. The lowest BCUT2D eigenvalue weighted by Crippen LogP contribution is -2.39. The molecule has 0 radical (unpaired) electrons. The maximum absolute atomic E-state index is 11.2. The average Bonchev–Trinajstić information content (AvgIpc) is 2.70. The molecule has 0 aliphatic heterocycles. The van der Waals surface area contributed by atoms with Crippen LogP contribution in [0.4, 0.5) is 0 Å². The zero-order chi connectivity index (χ0) is 11.3. The van der Waals surface area contributed by atoms with Crippen molar-refractivity contribution in [3.63, 3.8) is 0 Å². The minimum absolute atomic E-state index is 0.0727. The van der Waals surface area contributed by atoms with E-state index in [0.29, 0.717) is 6.54 Å². The summed E-state index contributed by atoms with van der Waals surface area (Å²) in [6.07, 6.45) is 5.30. The molecule has 4 heteroatoms. The number of alkyl halides is 1. The minimum Gasteiger partial charge on any atom is -0.354 e. The van der Waals surface area contributed by atoms with E-state index >= 15 is 0 Å². The third kappa shape index (κ3) is 4.39. The standard InChI is InChI=1S/C11H21ClN2O/c1-9(12)11(15)13-7-8-14(2)10-5-3-4-6-10/h9-10H,3-8H2,1-2H3,(H,13,15). The quantitative estimate of drug-likeness (QED) is 0.731. The minimum atomic E-state index is -0.429. The van der Waals surface area contributed by atoms with Crippen LogP contribution in [-0.4, -0.2) is 42.4 Å². The number of nitrogens with zero attached hydrogens (tertiary/aromatic N) is 1. The molecule has 0 spiro atoms. The summed E-state index contributed by atoms with van der Waals surface area (Å²) in [5.41, 5.74) is 0. The van der Waals surface area contributed by atoms with Crippen molar-refractivity contribution in [1.82, 2.24) is 10.2 Å². The SMILES string of the molecule is CC(Cl)C(=O)NCCN(C)C1CCCC1. The summed E-state index contributed by atoms with van der Waals surface area (Å²) in [4.78, 5) is 13.5. The van der Waals surface area contributed by atoms with Crippen LogP contribution in [0.1, 0.15) is 32.6 Å². The van der Waals surface area contributed by atoms with Crippen LogP contribution in [0.3, 0.4) is 0 Å². The summed E-state index contributed by atoms with van der Waals surface area (Å²) >= 11 is 5.65. The number of hydrogen-bond donors (Lipinski definition) is 1. The second-order valence-electron chi connectivity index (χ2n) is 4.33. The van der Waals surface area contributed by atoms with Crippen molar-refractivity contribution < 1.29 is 4.79 Å². The van der Waals surface area contributed by atoms with Gasteiger partial charge in [-0.05, 0) is 26.8 Å². The summed E-state index contributed by atoms with van der Waals surface area (Å²) in [6, 6.07) is 0.718. The first-order chi connectivity index (χ1) is 7.11. The molecule has 0 saturated heterocycles. The summed E-state index contributed by atoms with van der Waals surface area (Å²) in [6.45, 7) is 3.31. The highest BCUT2D eigenvalue weighted by atomic mass is 35.5. The van der Waals surface area contributed by atoms with Gasteiger partial charge in [0, 0.05) is 19.1 Å². The van der Waals surface area contributed by atoms with Gasteiger partial charge in [0.2, 0.25) is 5.91 Å². The largest absolute Gasteiger partial charge is 0.354 e. The zero-order valence-electron chi connectivity index (χ0n) is 9.63. The third-order valence-electron chi connectivity index (χ3n) is 3.07. The van der Waals surface area contributed by atoms with E-state index in [1.165, 1.54) is 25.7 Å². The smallest absolute Gasteiger partial charge is 0.237 e. The molecule has 1 amide bonds. The van der Waals surface area contributed by atoms with Gasteiger partial charge in [0.25, 0.3) is 0 Å². The fraction of sp³-hybridized carbons (Fsp3) is 0.909. The van der Waals surface area contributed by atoms with Gasteiger partial charge in [-0.15, -0.1) is 11.6 Å². The molecular weight excluding hydrogens is 212 g/mol. The summed E-state index contributed by atoms with van der Waals surface area (Å²) in [5, 5.41) is 2.40. The van der Waals surface area contributed by atoms with E-state index < -0.39 is 5.38 Å². The van der Waals surface area contributed by atoms with Crippen LogP contribution >= 0.6 is 11.6 Å². The summed E-state index contributed by atoms with van der Waals surface area (Å²) in [5.74, 6) is -0.0727. The van der Waals surface area contributed by atoms with Crippen molar-refractivity contribution >= 4 is 17.5 Å². The van der Waals surface area contributed by atoms with Crippen LogP contribution in [0, 0.1) is 0 Å². The van der Waals surface area contributed by atoms with Crippen molar-refractivity contribution in [3.05, 3.63) is 0 Å². The summed E-state index contributed by atoms with van der Waals surface area (Å²) < 4.78 is 0. The predicted octanol–water partition coefficient (Wildman–Crippen LogP) is 1.60. The monoisotopic (exact) mass is 232 g/mol. The van der Waals surface area contributed by atoms with E-state index in [2.05, 4.69) is 17.3 Å². The van der Waals surface area contributed by atoms with Crippen LogP contribution in [0.5, 0.6) is 0 Å². The second-order valence-corrected chi connectivity index (χ2v) is 4.98. The van der Waals surface area contributed by atoms with Crippen molar-refractivity contribution in [3.8, 4) is 0 Å². The Labute approximate surface area is 97.2 Å². The molecular formula is C11H21ClN2O. The Morgan fingerprint density at radius 1 is 1.53 bits per heavy atom. The van der Waals surface area contributed by atoms with E-state index in [9.17, 15) is 4.79 Å². The Morgan fingerprint density at radius 3 is 2.67 bits per heavy atom. The van der Waals surface area contributed by atoms with Crippen LogP contribution in [0.25, 0.3) is 0 Å². The molecule has 15 heavy (non-hydrogen) atoms. The highest BCUT2D eigenvalue weighted by molar-refractivity contribution is 6.30. The van der Waals surface area contributed by atoms with Gasteiger partial charge in [0.05, 0.1) is 0 Å². The van der Waals surface area contributed by atoms with E-state index in [1.54, 1.807) is 6.92 Å². The van der Waals surface area contributed by atoms with Gasteiger partial charge in [-0.3, -0.25) is 4.79 Å². The van der Waals surface area contributed by atoms with E-state index in [0.717, 1.165) is 12.6 Å². The summed E-state index contributed by atoms with van der Waals surface area (Å²) in [7, 11) is 2.13. The van der Waals surface area contributed by atoms with Gasteiger partial charge in [-0.25, -0.2) is 0 Å². The Kier molecular flexibility index (Phi) is 5.40. The lowest BCUT2D eigenvalue weighted by Gasteiger charge is -2.24. The number of likely N-dealkylation sites (N-methyl/N-ethyl adjacent to an activating group) is 1. The number of carbonyl (C=O) groups excluding carboxylic acids is 1. The molecule has 1 saturated carbocycles. The van der Waals surface area contributed by atoms with E-state index in [4.69, 9.17) is 11.6 Å². The molecule has 0 aromatic heterocycles. The predicted molar refractivity (Wildman–Crippen MR) is 63.2 cm³/mol. The zero-order valence-corrected chi connectivity index (χ0v) is 10.4. The molecule has 3 nitrogen and oxygen atoms in total. The van der Waals surface area contributed by atoms with Gasteiger partial charge in [0.15, 0.2) is 0 Å². The topological polar surface area (TPSA) is 32.3 Å². The van der Waals surface area contributed by atoms with Crippen molar-refractivity contribution in [1.29, 1.82) is 0 Å². The first kappa shape index (κ1) is 12.8. The molecule has 0 aromatic rings. The first-order valence-electron chi connectivity index (χ1n) is 5.73. The lowest BCUT2D eigenvalue weighted by atomic mass is 10.2. The molecule has 0 bridgehead atoms. The molecule has 1 aliphatic carbocycles. The molecule has 1 rings (SSSR count). The van der Waals surface area contributed by atoms with Gasteiger partial charge in [-0.2, -0.15) is 0 Å². The molecule has 0 aromatic carbocycles. The Morgan fingerprint density at radius 2 is 2.13 bits per heavy atom. The van der Waals surface area contributed by atoms with Crippen molar-refractivity contribution in [2.24, 2.45) is 0 Å². The van der Waals surface area contributed by atoms with Gasteiger partial charge >= 0.3 is 0 Å². The highest BCUT2D eigenvalue weighted by Gasteiger charge is 2.19. The fourth-order valence-corrected chi connectivity index (χ4v) is 2.10. The van der Waals surface area contributed by atoms with Crippen LogP contribution in [-0.2, 0) is 4.79 Å². The normalized spacial score (nSPS) is 19.5. The Bertz CT molecular complexity index is 203. The van der Waals surface area contributed by atoms with Gasteiger partial charge in [0.1, 0.15) is 5.38 Å². The van der Waals surface area contributed by atoms with Crippen LogP contribution in [0.15, 0.2) is 0 Å². The molecule has 1 fully saturated rings. The molecule has 0 heterocycles. The number of hydrogen-bond acceptors (Lipinski definition) is 2. The number of rotatable bonds is 5. The molecule has 1 N–H and O–H groups in total. The lowest BCUT2D eigenvalue weighted by molar-refractivity contribution is -0.120. The Balaban J connectivity index is 2.11. The maximum Gasteiger partial charge on any atom is 0.237 e. The van der Waals surface area contributed by atoms with Crippen LogP contribution in [0.2, 0.25) is 0 Å². The van der Waals surface area contributed by atoms with E-state index in [-0.39, 0.29) is 5.91 Å². The fourth-order valence-electron chi connectivity index (χ4n) is 2.02. The number of halogens is 1. The molecule has 1 atom stereocenters. The molecule has 88 valence electrons. The number of amides is 1. The highest BCUT2D eigenvalue weighted by Crippen LogP contribution is 2.21. The third-order valence-corrected chi connectivity index (χ3v) is 3.27. The number of nitrogens with one attached hydrogen (secondary N) is 1. The van der Waals surface area contributed by atoms with Crippen molar-refractivity contribution in [2.75, 3.05) is 20.1 Å². The van der Waals surface area contributed by atoms with E-state index in [1.807, 2.05) is 0 Å². The average molecular weight is 233 g/mol. The Hall–Kier alpha value is -0.280. The van der Waals surface area contributed by atoms with Crippen molar-refractivity contribution in [2.45, 2.75) is 44.0 Å². The molecule has 1 unspecified atom stereocenters. The molecule has 1 aliphatic rings. The second kappa shape index (κ2) is 6.33. The van der Waals surface area contributed by atoms with Gasteiger partial charge < -0.3 is 10.2 Å². The maximum atomic E-state index is 11.2. The van der Waals surface area contributed by atoms with Gasteiger partial charge in [-0.1, -0.05) is 12.8 Å².